The number of aliphatic carboxylic acids is 1. The lowest BCUT2D eigenvalue weighted by Gasteiger charge is -2.22. The van der Waals surface area contributed by atoms with Crippen molar-refractivity contribution in [3.8, 4) is 0 Å². The van der Waals surface area contributed by atoms with Crippen molar-refractivity contribution in [2.75, 3.05) is 13.2 Å². The predicted octanol–water partition coefficient (Wildman–Crippen LogP) is -2.99. The monoisotopic (exact) mass is 375 g/mol. The maximum atomic E-state index is 12.4. The molecule has 0 aromatic heterocycles. The zero-order valence-corrected chi connectivity index (χ0v) is 15.0. The number of aliphatic hydroxyl groups excluding tert-OH is 1. The number of nitrogens with one attached hydrogen (secondary N) is 3. The Kier molecular flexibility index (Phi) is 11.1. The maximum absolute atomic E-state index is 12.4. The van der Waals surface area contributed by atoms with Crippen molar-refractivity contribution in [3.05, 3.63) is 0 Å². The highest BCUT2D eigenvalue weighted by Gasteiger charge is 2.26. The topological polar surface area (TPSA) is 197 Å². The summed E-state index contributed by atoms with van der Waals surface area (Å²) < 4.78 is 0. The molecule has 0 rings (SSSR count). The van der Waals surface area contributed by atoms with E-state index in [4.69, 9.17) is 21.7 Å². The minimum absolute atomic E-state index is 0.271. The number of unbranched alkanes of at least 4 members (excludes halogenated alkanes) is 1. The Bertz CT molecular complexity index is 501. The standard InChI is InChI=1S/C15H29N5O6/c1-8(12(22)19-9(2)15(25)26)18-14(24)11(5-3-4-6-16)20-13(23)10(17)7-21/h8-11,21H,3-7,16-17H2,1-2H3,(H,18,24)(H,19,22)(H,20,23)(H,25,26). The van der Waals surface area contributed by atoms with E-state index in [1.54, 1.807) is 0 Å². The van der Waals surface area contributed by atoms with E-state index in [1.807, 2.05) is 0 Å². The van der Waals surface area contributed by atoms with Crippen LogP contribution < -0.4 is 27.4 Å². The van der Waals surface area contributed by atoms with Crippen LogP contribution in [0.25, 0.3) is 0 Å². The highest BCUT2D eigenvalue weighted by molar-refractivity contribution is 5.93. The largest absolute Gasteiger partial charge is 0.480 e. The van der Waals surface area contributed by atoms with E-state index in [9.17, 15) is 19.2 Å². The van der Waals surface area contributed by atoms with Gasteiger partial charge < -0.3 is 37.6 Å². The second-order valence-electron chi connectivity index (χ2n) is 5.93. The molecule has 0 aliphatic carbocycles. The minimum Gasteiger partial charge on any atom is -0.480 e. The molecule has 26 heavy (non-hydrogen) atoms. The number of nitrogens with two attached hydrogens (primary N) is 2. The Labute approximate surface area is 151 Å². The molecule has 0 bridgehead atoms. The van der Waals surface area contributed by atoms with Gasteiger partial charge in [-0.1, -0.05) is 0 Å². The Morgan fingerprint density at radius 2 is 1.50 bits per heavy atom. The molecule has 0 saturated heterocycles. The number of carbonyl (C=O) groups excluding carboxylic acids is 3. The first kappa shape index (κ1) is 23.8. The van der Waals surface area contributed by atoms with Crippen LogP contribution in [0.3, 0.4) is 0 Å². The second-order valence-corrected chi connectivity index (χ2v) is 5.93. The quantitative estimate of drug-likeness (QED) is 0.175. The number of hydrogen-bond acceptors (Lipinski definition) is 7. The molecule has 11 heteroatoms. The van der Waals surface area contributed by atoms with Crippen LogP contribution in [0.2, 0.25) is 0 Å². The molecule has 150 valence electrons. The van der Waals surface area contributed by atoms with Crippen molar-refractivity contribution in [2.24, 2.45) is 11.5 Å². The summed E-state index contributed by atoms with van der Waals surface area (Å²) in [6.45, 7) is 2.53. The molecule has 0 aliphatic heterocycles. The third-order valence-corrected chi connectivity index (χ3v) is 3.59. The van der Waals surface area contributed by atoms with Crippen molar-refractivity contribution in [3.63, 3.8) is 0 Å². The molecule has 0 aromatic rings. The molecule has 0 fully saturated rings. The number of carboxylic acids is 1. The Morgan fingerprint density at radius 1 is 0.923 bits per heavy atom. The van der Waals surface area contributed by atoms with Gasteiger partial charge in [-0.2, -0.15) is 0 Å². The number of amides is 3. The Balaban J connectivity index is 4.84. The highest BCUT2D eigenvalue weighted by atomic mass is 16.4. The van der Waals surface area contributed by atoms with Crippen molar-refractivity contribution in [1.82, 2.24) is 16.0 Å². The SMILES string of the molecule is CC(NC(=O)C(C)NC(=O)C(CCCCN)NC(=O)C(N)CO)C(=O)O. The van der Waals surface area contributed by atoms with Crippen LogP contribution in [0.5, 0.6) is 0 Å². The summed E-state index contributed by atoms with van der Waals surface area (Å²) in [5, 5.41) is 24.8. The number of carbonyl (C=O) groups is 4. The lowest BCUT2D eigenvalue weighted by Crippen LogP contribution is -2.56. The summed E-state index contributed by atoms with van der Waals surface area (Å²) in [6.07, 6.45) is 1.46. The van der Waals surface area contributed by atoms with E-state index in [2.05, 4.69) is 16.0 Å². The summed E-state index contributed by atoms with van der Waals surface area (Å²) in [4.78, 5) is 46.8. The third kappa shape index (κ3) is 8.74. The van der Waals surface area contributed by atoms with Crippen molar-refractivity contribution >= 4 is 23.7 Å². The smallest absolute Gasteiger partial charge is 0.325 e. The summed E-state index contributed by atoms with van der Waals surface area (Å²) in [7, 11) is 0. The molecule has 0 saturated carbocycles. The van der Waals surface area contributed by atoms with Crippen LogP contribution in [-0.4, -0.2) is 71.2 Å². The summed E-state index contributed by atoms with van der Waals surface area (Å²) >= 11 is 0. The molecular formula is C15H29N5O6. The van der Waals surface area contributed by atoms with Crippen LogP contribution in [0, 0.1) is 0 Å². The van der Waals surface area contributed by atoms with Crippen LogP contribution in [-0.2, 0) is 19.2 Å². The third-order valence-electron chi connectivity index (χ3n) is 3.59. The first-order valence-electron chi connectivity index (χ1n) is 8.34. The van der Waals surface area contributed by atoms with Gasteiger partial charge in [0.05, 0.1) is 6.61 Å². The van der Waals surface area contributed by atoms with Crippen molar-refractivity contribution in [1.29, 1.82) is 0 Å². The van der Waals surface area contributed by atoms with Crippen LogP contribution >= 0.6 is 0 Å². The van der Waals surface area contributed by atoms with E-state index in [1.165, 1.54) is 13.8 Å². The van der Waals surface area contributed by atoms with Gasteiger partial charge in [0.1, 0.15) is 24.2 Å². The van der Waals surface area contributed by atoms with Gasteiger partial charge in [-0.15, -0.1) is 0 Å². The van der Waals surface area contributed by atoms with E-state index < -0.39 is 54.5 Å². The van der Waals surface area contributed by atoms with E-state index >= 15 is 0 Å². The van der Waals surface area contributed by atoms with E-state index in [-0.39, 0.29) is 6.42 Å². The van der Waals surface area contributed by atoms with Gasteiger partial charge in [0.2, 0.25) is 17.7 Å². The summed E-state index contributed by atoms with van der Waals surface area (Å²) in [5.41, 5.74) is 10.8. The average Bonchev–Trinajstić information content (AvgIpc) is 2.59. The van der Waals surface area contributed by atoms with Crippen LogP contribution in [0.4, 0.5) is 0 Å². The summed E-state index contributed by atoms with van der Waals surface area (Å²) in [5.74, 6) is -3.20. The summed E-state index contributed by atoms with van der Waals surface area (Å²) in [6, 6.07) is -4.25. The number of hydrogen-bond donors (Lipinski definition) is 7. The molecule has 0 aliphatic rings. The lowest BCUT2D eigenvalue weighted by molar-refractivity contribution is -0.141. The molecular weight excluding hydrogens is 346 g/mol. The fraction of sp³-hybridized carbons (Fsp3) is 0.733. The molecule has 3 amide bonds. The molecule has 4 atom stereocenters. The maximum Gasteiger partial charge on any atom is 0.325 e. The van der Waals surface area contributed by atoms with E-state index in [0.29, 0.717) is 19.4 Å². The predicted molar refractivity (Wildman–Crippen MR) is 92.7 cm³/mol. The van der Waals surface area contributed by atoms with Gasteiger partial charge in [-0.3, -0.25) is 19.2 Å². The zero-order chi connectivity index (χ0) is 20.3. The fourth-order valence-corrected chi connectivity index (χ4v) is 1.90. The molecule has 0 spiro atoms. The number of rotatable bonds is 12. The van der Waals surface area contributed by atoms with Gasteiger partial charge in [0.25, 0.3) is 0 Å². The van der Waals surface area contributed by atoms with Crippen LogP contribution in [0.1, 0.15) is 33.1 Å². The van der Waals surface area contributed by atoms with Gasteiger partial charge in [0.15, 0.2) is 0 Å². The molecule has 0 radical (unpaired) electrons. The fourth-order valence-electron chi connectivity index (χ4n) is 1.90. The van der Waals surface area contributed by atoms with Crippen LogP contribution in [0.15, 0.2) is 0 Å². The average molecular weight is 375 g/mol. The van der Waals surface area contributed by atoms with Crippen molar-refractivity contribution < 1.29 is 29.4 Å². The zero-order valence-electron chi connectivity index (χ0n) is 15.0. The number of carboxylic acid groups (broad SMARTS) is 1. The normalized spacial score (nSPS) is 15.3. The van der Waals surface area contributed by atoms with Crippen molar-refractivity contribution in [2.45, 2.75) is 57.3 Å². The molecule has 9 N–H and O–H groups in total. The Morgan fingerprint density at radius 3 is 2.00 bits per heavy atom. The van der Waals surface area contributed by atoms with Gasteiger partial charge in [-0.05, 0) is 39.7 Å². The van der Waals surface area contributed by atoms with Gasteiger partial charge in [0, 0.05) is 0 Å². The Hall–Kier alpha value is -2.24. The molecule has 0 aromatic carbocycles. The molecule has 0 heterocycles. The lowest BCUT2D eigenvalue weighted by atomic mass is 10.1. The van der Waals surface area contributed by atoms with Gasteiger partial charge >= 0.3 is 5.97 Å². The molecule has 11 nitrogen and oxygen atoms in total. The molecule has 4 unspecified atom stereocenters. The highest BCUT2D eigenvalue weighted by Crippen LogP contribution is 2.02. The first-order valence-corrected chi connectivity index (χ1v) is 8.34. The minimum atomic E-state index is -1.21. The van der Waals surface area contributed by atoms with Gasteiger partial charge in [-0.25, -0.2) is 0 Å². The second kappa shape index (κ2) is 12.2. The van der Waals surface area contributed by atoms with E-state index in [0.717, 1.165) is 0 Å². The first-order chi connectivity index (χ1) is 12.1. The number of aliphatic hydroxyl groups is 1.